The third kappa shape index (κ3) is 2.95. The summed E-state index contributed by atoms with van der Waals surface area (Å²) in [5.41, 5.74) is 2.21. The van der Waals surface area contributed by atoms with E-state index < -0.39 is 10.3 Å². The maximum Gasteiger partial charge on any atom is 0.384 e. The van der Waals surface area contributed by atoms with Gasteiger partial charge in [0, 0.05) is 14.1 Å². The summed E-state index contributed by atoms with van der Waals surface area (Å²) in [6.07, 6.45) is 5.63. The van der Waals surface area contributed by atoms with Crippen LogP contribution >= 0.6 is 0 Å². The van der Waals surface area contributed by atoms with Crippen LogP contribution < -0.4 is 4.18 Å². The number of nitrogens with zero attached hydrogens (tertiary/aromatic N) is 1. The molecule has 2 N–H and O–H groups in total. The van der Waals surface area contributed by atoms with E-state index in [2.05, 4.69) is 6.92 Å². The number of benzene rings is 1. The molecule has 150 valence electrons. The topological polar surface area (TPSA) is 87.1 Å². The second kappa shape index (κ2) is 6.36. The number of hydrogen-bond acceptors (Lipinski definition) is 5. The zero-order valence-electron chi connectivity index (χ0n) is 16.2. The van der Waals surface area contributed by atoms with Gasteiger partial charge in [-0.25, -0.2) is 0 Å². The van der Waals surface area contributed by atoms with Gasteiger partial charge in [-0.05, 0) is 85.0 Å². The summed E-state index contributed by atoms with van der Waals surface area (Å²) in [4.78, 5) is 0. The monoisotopic (exact) mass is 395 g/mol. The molecule has 27 heavy (non-hydrogen) atoms. The Kier molecular flexibility index (Phi) is 4.48. The lowest BCUT2D eigenvalue weighted by molar-refractivity contribution is -0.0226. The van der Waals surface area contributed by atoms with Crippen molar-refractivity contribution in [1.29, 1.82) is 0 Å². The molecule has 1 aromatic carbocycles. The summed E-state index contributed by atoms with van der Waals surface area (Å²) >= 11 is 0. The van der Waals surface area contributed by atoms with Gasteiger partial charge in [0.05, 0.1) is 6.10 Å². The number of phenols is 1. The predicted octanol–water partition coefficient (Wildman–Crippen LogP) is 2.79. The van der Waals surface area contributed by atoms with Crippen LogP contribution in [-0.2, 0) is 16.7 Å². The van der Waals surface area contributed by atoms with Crippen molar-refractivity contribution < 1.29 is 22.8 Å². The lowest BCUT2D eigenvalue weighted by atomic mass is 9.55. The molecule has 0 radical (unpaired) electrons. The van der Waals surface area contributed by atoms with Gasteiger partial charge >= 0.3 is 10.3 Å². The number of phenolic OH excluding ortho intramolecular Hbond substituents is 1. The summed E-state index contributed by atoms with van der Waals surface area (Å²) in [7, 11) is -1.12. The Morgan fingerprint density at radius 3 is 2.63 bits per heavy atom. The third-order valence-corrected chi connectivity index (χ3v) is 8.68. The normalized spacial score (nSPS) is 35.4. The smallest absolute Gasteiger partial charge is 0.384 e. The van der Waals surface area contributed by atoms with Crippen molar-refractivity contribution in [1.82, 2.24) is 4.31 Å². The molecule has 0 bridgehead atoms. The van der Waals surface area contributed by atoms with Crippen LogP contribution in [0.4, 0.5) is 0 Å². The van der Waals surface area contributed by atoms with E-state index >= 15 is 0 Å². The van der Waals surface area contributed by atoms with E-state index in [1.165, 1.54) is 14.1 Å². The Bertz CT molecular complexity index is 852. The molecule has 2 fully saturated rings. The second-order valence-electron chi connectivity index (χ2n) is 8.90. The van der Waals surface area contributed by atoms with Crippen molar-refractivity contribution >= 4 is 10.3 Å². The van der Waals surface area contributed by atoms with Crippen LogP contribution in [0.1, 0.15) is 56.1 Å². The van der Waals surface area contributed by atoms with Crippen LogP contribution in [0, 0.1) is 17.3 Å². The summed E-state index contributed by atoms with van der Waals surface area (Å²) in [5.74, 6) is 1.27. The highest BCUT2D eigenvalue weighted by molar-refractivity contribution is 7.84. The van der Waals surface area contributed by atoms with Crippen LogP contribution in [-0.4, -0.2) is 43.1 Å². The summed E-state index contributed by atoms with van der Waals surface area (Å²) in [6.45, 7) is 2.24. The number of fused-ring (bicyclic) bond motifs is 5. The van der Waals surface area contributed by atoms with Gasteiger partial charge in [0.25, 0.3) is 0 Å². The van der Waals surface area contributed by atoms with Gasteiger partial charge in [-0.2, -0.15) is 12.7 Å². The van der Waals surface area contributed by atoms with E-state index in [1.807, 2.05) is 0 Å². The Balaban J connectivity index is 1.65. The van der Waals surface area contributed by atoms with Crippen molar-refractivity contribution in [3.8, 4) is 11.5 Å². The lowest BCUT2D eigenvalue weighted by Crippen LogP contribution is -2.43. The van der Waals surface area contributed by atoms with Gasteiger partial charge < -0.3 is 14.4 Å². The van der Waals surface area contributed by atoms with Gasteiger partial charge in [0.1, 0.15) is 0 Å². The number of aryl methyl sites for hydroxylation is 1. The standard InChI is InChI=1S/C20H29NO5S/c1-20-9-8-13-14(16(20)6-7-19(20)23)5-4-12-10-18(17(22)11-15(12)13)26-27(24,25)21(2)3/h10-11,13-14,16,19,22-23H,4-9H2,1-3H3/t13-,14+,16-,19-,20-/m0/s1. The average molecular weight is 396 g/mol. The minimum Gasteiger partial charge on any atom is -0.504 e. The third-order valence-electron chi connectivity index (χ3n) is 7.40. The number of hydrogen-bond donors (Lipinski definition) is 2. The first kappa shape index (κ1) is 19.0. The number of aliphatic hydroxyl groups is 1. The van der Waals surface area contributed by atoms with E-state index in [0.29, 0.717) is 17.8 Å². The maximum absolute atomic E-state index is 12.0. The molecule has 4 rings (SSSR count). The number of rotatable bonds is 3. The van der Waals surface area contributed by atoms with Crippen molar-refractivity contribution in [2.45, 2.75) is 57.5 Å². The summed E-state index contributed by atoms with van der Waals surface area (Å²) < 4.78 is 30.1. The fraction of sp³-hybridized carbons (Fsp3) is 0.700. The van der Waals surface area contributed by atoms with Gasteiger partial charge in [-0.1, -0.05) is 6.92 Å². The van der Waals surface area contributed by atoms with Crippen LogP contribution in [0.25, 0.3) is 0 Å². The zero-order valence-corrected chi connectivity index (χ0v) is 17.0. The Labute approximate surface area is 161 Å². The zero-order chi connectivity index (χ0) is 19.6. The molecule has 1 aromatic rings. The average Bonchev–Trinajstić information content (AvgIpc) is 2.90. The molecule has 0 spiro atoms. The molecule has 0 unspecified atom stereocenters. The molecule has 5 atom stereocenters. The van der Waals surface area contributed by atoms with E-state index in [4.69, 9.17) is 4.18 Å². The van der Waals surface area contributed by atoms with E-state index in [1.54, 1.807) is 12.1 Å². The molecule has 0 aliphatic heterocycles. The predicted molar refractivity (Wildman–Crippen MR) is 102 cm³/mol. The summed E-state index contributed by atoms with van der Waals surface area (Å²) in [6, 6.07) is 3.40. The molecule has 7 heteroatoms. The minimum atomic E-state index is -3.90. The highest BCUT2D eigenvalue weighted by Crippen LogP contribution is 2.61. The van der Waals surface area contributed by atoms with Crippen LogP contribution in [0.15, 0.2) is 12.1 Å². The second-order valence-corrected chi connectivity index (χ2v) is 10.6. The molecule has 3 aliphatic rings. The van der Waals surface area contributed by atoms with Gasteiger partial charge in [-0.3, -0.25) is 0 Å². The quantitative estimate of drug-likeness (QED) is 0.822. The van der Waals surface area contributed by atoms with Gasteiger partial charge in [-0.15, -0.1) is 0 Å². The molecule has 3 aliphatic carbocycles. The van der Waals surface area contributed by atoms with Crippen molar-refractivity contribution in [2.24, 2.45) is 17.3 Å². The first-order valence-corrected chi connectivity index (χ1v) is 11.2. The Morgan fingerprint density at radius 2 is 1.93 bits per heavy atom. The molecule has 6 nitrogen and oxygen atoms in total. The molecular weight excluding hydrogens is 366 g/mol. The largest absolute Gasteiger partial charge is 0.504 e. The molecule has 0 amide bonds. The molecule has 0 heterocycles. The van der Waals surface area contributed by atoms with Crippen LogP contribution in [0.5, 0.6) is 11.5 Å². The molecule has 0 aromatic heterocycles. The van der Waals surface area contributed by atoms with Crippen molar-refractivity contribution in [3.63, 3.8) is 0 Å². The Morgan fingerprint density at radius 1 is 1.19 bits per heavy atom. The number of aromatic hydroxyl groups is 1. The van der Waals surface area contributed by atoms with E-state index in [0.717, 1.165) is 54.0 Å². The van der Waals surface area contributed by atoms with Crippen molar-refractivity contribution in [2.75, 3.05) is 14.1 Å². The fourth-order valence-electron chi connectivity index (χ4n) is 5.81. The SMILES string of the molecule is CN(C)S(=O)(=O)Oc1cc2c(cc1O)[C@H]1CC[C@]3(C)[C@@H](O)CC[C@H]3[C@@H]1CC2. The first-order valence-electron chi connectivity index (χ1n) is 9.79. The first-order chi connectivity index (χ1) is 12.6. The fourth-order valence-corrected chi connectivity index (χ4v) is 6.32. The van der Waals surface area contributed by atoms with Crippen LogP contribution in [0.3, 0.4) is 0 Å². The van der Waals surface area contributed by atoms with Gasteiger partial charge in [0.2, 0.25) is 0 Å². The summed E-state index contributed by atoms with van der Waals surface area (Å²) in [5, 5.41) is 20.9. The minimum absolute atomic E-state index is 0.00200. The van der Waals surface area contributed by atoms with E-state index in [-0.39, 0.29) is 23.0 Å². The maximum atomic E-state index is 12.0. The Hall–Kier alpha value is -1.31. The molecule has 0 saturated heterocycles. The molecule has 2 saturated carbocycles. The van der Waals surface area contributed by atoms with Crippen molar-refractivity contribution in [3.05, 3.63) is 23.3 Å². The van der Waals surface area contributed by atoms with Crippen LogP contribution in [0.2, 0.25) is 0 Å². The highest BCUT2D eigenvalue weighted by Gasteiger charge is 2.54. The molecular formula is C20H29NO5S. The van der Waals surface area contributed by atoms with Gasteiger partial charge in [0.15, 0.2) is 11.5 Å². The van der Waals surface area contributed by atoms with E-state index in [9.17, 15) is 18.6 Å². The highest BCUT2D eigenvalue weighted by atomic mass is 32.2. The number of aliphatic hydroxyl groups excluding tert-OH is 1. The lowest BCUT2D eigenvalue weighted by Gasteiger charge is -2.50.